The minimum atomic E-state index is -0.293. The quantitative estimate of drug-likeness (QED) is 0.707. The van der Waals surface area contributed by atoms with Crippen molar-refractivity contribution in [3.63, 3.8) is 0 Å². The average molecular weight is 435 g/mol. The number of hydrogen-bond acceptors (Lipinski definition) is 4. The van der Waals surface area contributed by atoms with Crippen LogP contribution < -0.4 is 15.5 Å². The Morgan fingerprint density at radius 2 is 1.50 bits per heavy atom. The molecule has 2 aliphatic rings. The SMILES string of the molecule is C=C(C)c1ccc(N2CCC(CN3CCN(c4ccc(C(=C)N)c(F)c4)CC3)CC2)cc1. The second-order valence-corrected chi connectivity index (χ2v) is 9.23. The van der Waals surface area contributed by atoms with E-state index in [2.05, 4.69) is 52.1 Å². The van der Waals surface area contributed by atoms with Crippen molar-refractivity contribution in [2.45, 2.75) is 19.8 Å². The lowest BCUT2D eigenvalue weighted by Crippen LogP contribution is -2.49. The summed E-state index contributed by atoms with van der Waals surface area (Å²) in [7, 11) is 0. The van der Waals surface area contributed by atoms with Crippen LogP contribution in [0.5, 0.6) is 0 Å². The lowest BCUT2D eigenvalue weighted by Gasteiger charge is -2.40. The van der Waals surface area contributed by atoms with Crippen LogP contribution in [-0.4, -0.2) is 50.7 Å². The normalized spacial score (nSPS) is 18.1. The molecule has 0 unspecified atom stereocenters. The van der Waals surface area contributed by atoms with Crippen LogP contribution in [0.15, 0.2) is 55.6 Å². The first-order valence-corrected chi connectivity index (χ1v) is 11.6. The monoisotopic (exact) mass is 434 g/mol. The molecule has 2 heterocycles. The maximum Gasteiger partial charge on any atom is 0.134 e. The molecule has 32 heavy (non-hydrogen) atoms. The Labute approximate surface area is 191 Å². The van der Waals surface area contributed by atoms with Crippen molar-refractivity contribution in [3.8, 4) is 0 Å². The van der Waals surface area contributed by atoms with Gasteiger partial charge in [-0.3, -0.25) is 4.90 Å². The molecule has 0 saturated carbocycles. The smallest absolute Gasteiger partial charge is 0.134 e. The van der Waals surface area contributed by atoms with E-state index in [1.165, 1.54) is 24.1 Å². The molecule has 0 aromatic heterocycles. The molecular formula is C27H35FN4. The molecule has 2 aromatic carbocycles. The van der Waals surface area contributed by atoms with Crippen LogP contribution in [0, 0.1) is 11.7 Å². The molecule has 0 bridgehead atoms. The van der Waals surface area contributed by atoms with Gasteiger partial charge in [0.15, 0.2) is 0 Å². The van der Waals surface area contributed by atoms with Gasteiger partial charge in [-0.2, -0.15) is 0 Å². The van der Waals surface area contributed by atoms with E-state index in [0.29, 0.717) is 5.56 Å². The summed E-state index contributed by atoms with van der Waals surface area (Å²) in [6, 6.07) is 14.1. The number of benzene rings is 2. The second-order valence-electron chi connectivity index (χ2n) is 9.23. The standard InChI is InChI=1S/C27H35FN4/c1-20(2)23-4-6-24(7-5-23)31-12-10-22(11-13-31)19-30-14-16-32(17-15-30)25-8-9-26(21(3)29)27(28)18-25/h4-9,18,22H,1,3,10-17,19,29H2,2H3. The molecule has 0 radical (unpaired) electrons. The van der Waals surface area contributed by atoms with Gasteiger partial charge in [0.1, 0.15) is 5.82 Å². The first-order chi connectivity index (χ1) is 15.4. The van der Waals surface area contributed by atoms with Crippen LogP contribution in [0.2, 0.25) is 0 Å². The topological polar surface area (TPSA) is 35.7 Å². The molecule has 4 nitrogen and oxygen atoms in total. The molecule has 2 saturated heterocycles. The van der Waals surface area contributed by atoms with Gasteiger partial charge < -0.3 is 15.5 Å². The Morgan fingerprint density at radius 1 is 0.906 bits per heavy atom. The summed E-state index contributed by atoms with van der Waals surface area (Å²) in [5.41, 5.74) is 10.9. The zero-order valence-electron chi connectivity index (χ0n) is 19.2. The van der Waals surface area contributed by atoms with E-state index >= 15 is 0 Å². The zero-order chi connectivity index (χ0) is 22.7. The molecule has 2 fully saturated rings. The van der Waals surface area contributed by atoms with Crippen LogP contribution in [0.3, 0.4) is 0 Å². The summed E-state index contributed by atoms with van der Waals surface area (Å²) < 4.78 is 14.3. The highest BCUT2D eigenvalue weighted by atomic mass is 19.1. The van der Waals surface area contributed by atoms with Gasteiger partial charge in [-0.1, -0.05) is 30.9 Å². The Morgan fingerprint density at radius 3 is 2.06 bits per heavy atom. The van der Waals surface area contributed by atoms with Crippen molar-refractivity contribution in [3.05, 3.63) is 72.6 Å². The van der Waals surface area contributed by atoms with Crippen molar-refractivity contribution in [2.24, 2.45) is 11.7 Å². The van der Waals surface area contributed by atoms with Crippen LogP contribution in [0.25, 0.3) is 11.3 Å². The number of rotatable bonds is 6. The predicted octanol–water partition coefficient (Wildman–Crippen LogP) is 4.83. The lowest BCUT2D eigenvalue weighted by molar-refractivity contribution is 0.201. The molecule has 2 aromatic rings. The Balaban J connectivity index is 1.23. The van der Waals surface area contributed by atoms with Gasteiger partial charge in [0, 0.05) is 68.4 Å². The molecule has 0 spiro atoms. The summed E-state index contributed by atoms with van der Waals surface area (Å²) in [6.45, 7) is 17.0. The molecule has 4 rings (SSSR count). The van der Waals surface area contributed by atoms with Gasteiger partial charge >= 0.3 is 0 Å². The number of allylic oxidation sites excluding steroid dienone is 1. The first-order valence-electron chi connectivity index (χ1n) is 11.6. The van der Waals surface area contributed by atoms with E-state index < -0.39 is 0 Å². The van der Waals surface area contributed by atoms with Crippen LogP contribution in [-0.2, 0) is 0 Å². The maximum atomic E-state index is 14.3. The number of anilines is 2. The summed E-state index contributed by atoms with van der Waals surface area (Å²) >= 11 is 0. The maximum absolute atomic E-state index is 14.3. The molecule has 2 aliphatic heterocycles. The lowest BCUT2D eigenvalue weighted by atomic mass is 9.95. The third-order valence-corrected chi connectivity index (χ3v) is 6.89. The van der Waals surface area contributed by atoms with Crippen molar-refractivity contribution in [2.75, 3.05) is 55.6 Å². The van der Waals surface area contributed by atoms with Gasteiger partial charge in [0.05, 0.1) is 0 Å². The van der Waals surface area contributed by atoms with Crippen LogP contribution in [0.1, 0.15) is 30.9 Å². The highest BCUT2D eigenvalue weighted by Gasteiger charge is 2.24. The second kappa shape index (κ2) is 9.78. The Bertz CT molecular complexity index is 952. The number of piperidine rings is 1. The van der Waals surface area contributed by atoms with Crippen molar-refractivity contribution in [1.29, 1.82) is 0 Å². The van der Waals surface area contributed by atoms with E-state index in [-0.39, 0.29) is 11.5 Å². The summed E-state index contributed by atoms with van der Waals surface area (Å²) in [4.78, 5) is 7.34. The molecule has 0 aliphatic carbocycles. The highest BCUT2D eigenvalue weighted by Crippen LogP contribution is 2.27. The number of nitrogens with two attached hydrogens (primary N) is 1. The van der Waals surface area contributed by atoms with E-state index in [0.717, 1.165) is 63.0 Å². The number of hydrogen-bond donors (Lipinski definition) is 1. The minimum Gasteiger partial charge on any atom is -0.399 e. The van der Waals surface area contributed by atoms with Gasteiger partial charge in [-0.25, -0.2) is 4.39 Å². The molecule has 170 valence electrons. The molecule has 5 heteroatoms. The van der Waals surface area contributed by atoms with Crippen LogP contribution in [0.4, 0.5) is 15.8 Å². The van der Waals surface area contributed by atoms with Gasteiger partial charge in [-0.05, 0) is 61.6 Å². The van der Waals surface area contributed by atoms with E-state index in [4.69, 9.17) is 5.73 Å². The number of piperazine rings is 1. The van der Waals surface area contributed by atoms with E-state index in [1.807, 2.05) is 13.0 Å². The molecular weight excluding hydrogens is 399 g/mol. The minimum absolute atomic E-state index is 0.272. The summed E-state index contributed by atoms with van der Waals surface area (Å²) in [6.07, 6.45) is 2.47. The number of nitrogens with zero attached hydrogens (tertiary/aromatic N) is 3. The molecule has 0 amide bonds. The largest absolute Gasteiger partial charge is 0.399 e. The highest BCUT2D eigenvalue weighted by molar-refractivity contribution is 5.65. The van der Waals surface area contributed by atoms with Gasteiger partial charge in [0.25, 0.3) is 0 Å². The number of halogens is 1. The average Bonchev–Trinajstić information content (AvgIpc) is 2.80. The fourth-order valence-corrected chi connectivity index (χ4v) is 4.85. The van der Waals surface area contributed by atoms with Gasteiger partial charge in [0.2, 0.25) is 0 Å². The zero-order valence-corrected chi connectivity index (χ0v) is 19.2. The van der Waals surface area contributed by atoms with Crippen molar-refractivity contribution >= 4 is 22.6 Å². The Kier molecular flexibility index (Phi) is 6.85. The molecule has 2 N–H and O–H groups in total. The Hall–Kier alpha value is -2.79. The summed E-state index contributed by atoms with van der Waals surface area (Å²) in [5, 5.41) is 0. The van der Waals surface area contributed by atoms with E-state index in [1.54, 1.807) is 12.1 Å². The fourth-order valence-electron chi connectivity index (χ4n) is 4.85. The summed E-state index contributed by atoms with van der Waals surface area (Å²) in [5.74, 6) is 0.457. The third kappa shape index (κ3) is 5.16. The van der Waals surface area contributed by atoms with Crippen molar-refractivity contribution in [1.82, 2.24) is 4.90 Å². The van der Waals surface area contributed by atoms with Crippen LogP contribution >= 0.6 is 0 Å². The first kappa shape index (κ1) is 22.4. The third-order valence-electron chi connectivity index (χ3n) is 6.89. The fraction of sp³-hybridized carbons (Fsp3) is 0.407. The predicted molar refractivity (Wildman–Crippen MR) is 134 cm³/mol. The molecule has 0 atom stereocenters. The van der Waals surface area contributed by atoms with Gasteiger partial charge in [-0.15, -0.1) is 0 Å². The van der Waals surface area contributed by atoms with Crippen molar-refractivity contribution < 1.29 is 4.39 Å². The van der Waals surface area contributed by atoms with E-state index in [9.17, 15) is 4.39 Å².